The van der Waals surface area contributed by atoms with E-state index in [0.29, 0.717) is 23.3 Å². The summed E-state index contributed by atoms with van der Waals surface area (Å²) in [6.07, 6.45) is 0.645. The number of esters is 1. The molecular weight excluding hydrogens is 490 g/mol. The number of hydrogen-bond donors (Lipinski definition) is 5. The molecule has 12 heteroatoms. The van der Waals surface area contributed by atoms with Gasteiger partial charge in [0.15, 0.2) is 0 Å². The van der Waals surface area contributed by atoms with Crippen LogP contribution in [0.2, 0.25) is 0 Å². The van der Waals surface area contributed by atoms with E-state index in [1.165, 1.54) is 6.20 Å². The number of ether oxygens (including phenoxy) is 2. The summed E-state index contributed by atoms with van der Waals surface area (Å²) in [5.41, 5.74) is 23.0. The van der Waals surface area contributed by atoms with Crippen LogP contribution in [0.5, 0.6) is 0 Å². The quantitative estimate of drug-likeness (QED) is 0.274. The molecule has 1 saturated carbocycles. The first kappa shape index (κ1) is 29.8. The SMILES string of the molecule is Cc1nc(N)c2c(C(N)=O)cn([C@@H]3C[C@H](COC(C)[C@@H](N)C(C)C)[C@@H](OC(=O)C(N)C(C)C)[C@@]3(C)O)c2n1. The maximum atomic E-state index is 12.9. The predicted molar refractivity (Wildman–Crippen MR) is 144 cm³/mol. The summed E-state index contributed by atoms with van der Waals surface area (Å²) in [4.78, 5) is 33.9. The minimum atomic E-state index is -1.59. The second-order valence-electron chi connectivity index (χ2n) is 11.4. The lowest BCUT2D eigenvalue weighted by atomic mass is 9.95. The topological polar surface area (TPSA) is 208 Å². The zero-order chi connectivity index (χ0) is 28.7. The molecule has 0 radical (unpaired) electrons. The zero-order valence-corrected chi connectivity index (χ0v) is 23.3. The monoisotopic (exact) mass is 533 g/mol. The molecule has 1 aliphatic rings. The third-order valence-electron chi connectivity index (χ3n) is 7.74. The molecule has 1 fully saturated rings. The van der Waals surface area contributed by atoms with Crippen molar-refractivity contribution >= 4 is 28.7 Å². The first-order valence-corrected chi connectivity index (χ1v) is 13.1. The molecule has 2 aromatic heterocycles. The van der Waals surface area contributed by atoms with E-state index in [1.54, 1.807) is 18.4 Å². The van der Waals surface area contributed by atoms with Gasteiger partial charge >= 0.3 is 5.97 Å². The number of nitrogens with zero attached hydrogens (tertiary/aromatic N) is 3. The van der Waals surface area contributed by atoms with Crippen LogP contribution in [0.1, 0.15) is 70.2 Å². The fourth-order valence-corrected chi connectivity index (χ4v) is 5.20. The van der Waals surface area contributed by atoms with Gasteiger partial charge in [-0.2, -0.15) is 0 Å². The van der Waals surface area contributed by atoms with Gasteiger partial charge in [-0.05, 0) is 39.0 Å². The van der Waals surface area contributed by atoms with E-state index in [9.17, 15) is 14.7 Å². The number of aryl methyl sites for hydroxylation is 1. The number of primary amides is 1. The lowest BCUT2D eigenvalue weighted by Crippen LogP contribution is -2.49. The molecule has 7 atom stereocenters. The Morgan fingerprint density at radius 2 is 1.82 bits per heavy atom. The van der Waals surface area contributed by atoms with Crippen LogP contribution in [0.15, 0.2) is 6.20 Å². The number of carbonyl (C=O) groups is 2. The van der Waals surface area contributed by atoms with E-state index in [0.717, 1.165) is 0 Å². The fraction of sp³-hybridized carbons (Fsp3) is 0.692. The van der Waals surface area contributed by atoms with E-state index in [4.69, 9.17) is 32.4 Å². The van der Waals surface area contributed by atoms with Crippen LogP contribution in [0.25, 0.3) is 11.0 Å². The molecule has 9 N–H and O–H groups in total. The summed E-state index contributed by atoms with van der Waals surface area (Å²) in [5, 5.41) is 12.2. The number of fused-ring (bicyclic) bond motifs is 1. The number of hydrogen-bond acceptors (Lipinski definition) is 10. The van der Waals surface area contributed by atoms with E-state index in [2.05, 4.69) is 9.97 Å². The van der Waals surface area contributed by atoms with Crippen molar-refractivity contribution in [2.75, 3.05) is 12.3 Å². The van der Waals surface area contributed by atoms with Gasteiger partial charge in [-0.15, -0.1) is 0 Å². The zero-order valence-electron chi connectivity index (χ0n) is 23.3. The summed E-state index contributed by atoms with van der Waals surface area (Å²) in [6.45, 7) is 13.0. The average molecular weight is 534 g/mol. The molecule has 0 saturated heterocycles. The van der Waals surface area contributed by atoms with Crippen molar-refractivity contribution < 1.29 is 24.2 Å². The van der Waals surface area contributed by atoms with Crippen molar-refractivity contribution in [1.29, 1.82) is 0 Å². The third kappa shape index (κ3) is 5.63. The number of nitrogens with two attached hydrogens (primary N) is 4. The molecule has 0 spiro atoms. The van der Waals surface area contributed by atoms with Gasteiger partial charge in [-0.3, -0.25) is 9.59 Å². The summed E-state index contributed by atoms with van der Waals surface area (Å²) in [5.74, 6) is -1.17. The minimum absolute atomic E-state index is 0.111. The van der Waals surface area contributed by atoms with Crippen LogP contribution >= 0.6 is 0 Å². The molecule has 0 aromatic carbocycles. The van der Waals surface area contributed by atoms with Gasteiger partial charge in [-0.1, -0.05) is 27.7 Å². The van der Waals surface area contributed by atoms with Crippen molar-refractivity contribution in [1.82, 2.24) is 14.5 Å². The summed E-state index contributed by atoms with van der Waals surface area (Å²) in [7, 11) is 0. The first-order chi connectivity index (χ1) is 17.6. The number of amides is 1. The van der Waals surface area contributed by atoms with Gasteiger partial charge in [0, 0.05) is 18.2 Å². The lowest BCUT2D eigenvalue weighted by molar-refractivity contribution is -0.170. The highest BCUT2D eigenvalue weighted by molar-refractivity contribution is 6.09. The van der Waals surface area contributed by atoms with Crippen LogP contribution in [0.3, 0.4) is 0 Å². The van der Waals surface area contributed by atoms with Crippen molar-refractivity contribution in [2.45, 2.75) is 90.8 Å². The second-order valence-corrected chi connectivity index (χ2v) is 11.4. The van der Waals surface area contributed by atoms with Crippen molar-refractivity contribution in [3.63, 3.8) is 0 Å². The molecule has 12 nitrogen and oxygen atoms in total. The standard InChI is InChI=1S/C26H43N7O5/c1-11(2)19(27)13(5)37-10-15-8-17(26(7,36)21(15)38-25(35)20(28)12(3)4)33-9-16(23(30)34)18-22(29)31-14(6)32-24(18)33/h9,11-13,15,17,19-21,36H,8,10,27-28H2,1-7H3,(H2,30,34)(H2,29,31,32)/t13?,15-,17-,19+,20?,21-,26+/m1/s1. The predicted octanol–water partition coefficient (Wildman–Crippen LogP) is 1.02. The Morgan fingerprint density at radius 3 is 2.37 bits per heavy atom. The molecule has 0 bridgehead atoms. The van der Waals surface area contributed by atoms with Crippen molar-refractivity contribution in [3.05, 3.63) is 17.6 Å². The van der Waals surface area contributed by atoms with Gasteiger partial charge in [0.05, 0.1) is 29.7 Å². The van der Waals surface area contributed by atoms with Crippen LogP contribution in [0, 0.1) is 24.7 Å². The molecule has 1 aliphatic carbocycles. The Kier molecular flexibility index (Phi) is 8.71. The first-order valence-electron chi connectivity index (χ1n) is 13.1. The van der Waals surface area contributed by atoms with Gasteiger partial charge in [0.25, 0.3) is 5.91 Å². The van der Waals surface area contributed by atoms with E-state index < -0.39 is 41.6 Å². The van der Waals surface area contributed by atoms with Crippen LogP contribution in [-0.2, 0) is 14.3 Å². The number of rotatable bonds is 10. The smallest absolute Gasteiger partial charge is 0.323 e. The van der Waals surface area contributed by atoms with Crippen molar-refractivity contribution in [3.8, 4) is 0 Å². The highest BCUT2D eigenvalue weighted by atomic mass is 16.6. The Balaban J connectivity index is 2.05. The number of nitrogen functional groups attached to an aromatic ring is 1. The summed E-state index contributed by atoms with van der Waals surface area (Å²) in [6, 6.07) is -1.72. The maximum Gasteiger partial charge on any atom is 0.323 e. The van der Waals surface area contributed by atoms with E-state index in [-0.39, 0.29) is 42.0 Å². The van der Waals surface area contributed by atoms with Crippen LogP contribution in [-0.4, -0.2) is 68.0 Å². The normalized spacial score (nSPS) is 26.2. The molecular formula is C26H43N7O5. The van der Waals surface area contributed by atoms with Crippen molar-refractivity contribution in [2.24, 2.45) is 35.0 Å². The maximum absolute atomic E-state index is 12.9. The third-order valence-corrected chi connectivity index (χ3v) is 7.74. The number of aliphatic hydroxyl groups is 1. The van der Waals surface area contributed by atoms with Gasteiger partial charge in [0.2, 0.25) is 0 Å². The van der Waals surface area contributed by atoms with Crippen LogP contribution in [0.4, 0.5) is 5.82 Å². The minimum Gasteiger partial charge on any atom is -0.458 e. The highest BCUT2D eigenvalue weighted by Crippen LogP contribution is 2.47. The largest absolute Gasteiger partial charge is 0.458 e. The van der Waals surface area contributed by atoms with Gasteiger partial charge in [0.1, 0.15) is 35.0 Å². The number of aromatic nitrogens is 3. The molecule has 2 heterocycles. The number of anilines is 1. The Hall–Kier alpha value is -2.80. The number of carbonyl (C=O) groups excluding carboxylic acids is 2. The highest BCUT2D eigenvalue weighted by Gasteiger charge is 2.55. The molecule has 0 aliphatic heterocycles. The Labute approximate surface area is 223 Å². The summed E-state index contributed by atoms with van der Waals surface area (Å²) < 4.78 is 13.7. The molecule has 3 rings (SSSR count). The summed E-state index contributed by atoms with van der Waals surface area (Å²) >= 11 is 0. The van der Waals surface area contributed by atoms with Gasteiger partial charge in [-0.25, -0.2) is 9.97 Å². The molecule has 2 aromatic rings. The average Bonchev–Trinajstić information content (AvgIpc) is 3.31. The fourth-order valence-electron chi connectivity index (χ4n) is 5.20. The van der Waals surface area contributed by atoms with E-state index >= 15 is 0 Å². The molecule has 2 unspecified atom stereocenters. The molecule has 1 amide bonds. The molecule has 212 valence electrons. The van der Waals surface area contributed by atoms with E-state index in [1.807, 2.05) is 34.6 Å². The van der Waals surface area contributed by atoms with Gasteiger partial charge < -0.3 is 42.1 Å². The lowest BCUT2D eigenvalue weighted by Gasteiger charge is -2.34. The Morgan fingerprint density at radius 1 is 1.18 bits per heavy atom. The Bertz CT molecular complexity index is 1180. The van der Waals surface area contributed by atoms with Crippen LogP contribution < -0.4 is 22.9 Å². The molecule has 38 heavy (non-hydrogen) atoms. The second kappa shape index (κ2) is 11.1.